The van der Waals surface area contributed by atoms with Crippen molar-refractivity contribution in [2.24, 2.45) is 17.8 Å². The first-order chi connectivity index (χ1) is 27.7. The largest absolute Gasteiger partial charge is 0.363 e. The van der Waals surface area contributed by atoms with Gasteiger partial charge < -0.3 is 29.2 Å². The number of nitrogens with zero attached hydrogens (tertiary/aromatic N) is 6. The minimum Gasteiger partial charge on any atom is -0.333 e. The Bertz CT molecular complexity index is 1670. The lowest BCUT2D eigenvalue weighted by Gasteiger charge is -2.28. The van der Waals surface area contributed by atoms with Crippen LogP contribution in [0.1, 0.15) is 50.3 Å². The van der Waals surface area contributed by atoms with E-state index in [-0.39, 0.29) is 35.5 Å². The average Bonchev–Trinajstić information content (AvgIpc) is 3.90. The van der Waals surface area contributed by atoms with Crippen molar-refractivity contribution < 1.29 is 43.3 Å². The molecular weight excluding hydrogens is 732 g/mol. The van der Waals surface area contributed by atoms with Crippen molar-refractivity contribution in [1.82, 2.24) is 29.9 Å². The summed E-state index contributed by atoms with van der Waals surface area (Å²) in [4.78, 5) is 102. The molecule has 0 saturated carbocycles. The first-order valence-electron chi connectivity index (χ1n) is 19.6. The smallest absolute Gasteiger partial charge is 0.333 e. The molecule has 7 rings (SSSR count). The summed E-state index contributed by atoms with van der Waals surface area (Å²) in [6.07, 6.45) is 1.60. The fourth-order valence-corrected chi connectivity index (χ4v) is 7.76. The van der Waals surface area contributed by atoms with Crippen molar-refractivity contribution in [2.45, 2.75) is 19.3 Å². The lowest BCUT2D eigenvalue weighted by molar-refractivity contribution is -0.162. The van der Waals surface area contributed by atoms with Crippen molar-refractivity contribution >= 4 is 35.6 Å². The fraction of sp³-hybridized carbons (Fsp3) is 0.429. The number of carbonyl (C=O) groups is 6. The number of hydroxylamine groups is 6. The third-order valence-corrected chi connectivity index (χ3v) is 11.1. The predicted octanol–water partition coefficient (Wildman–Crippen LogP) is 2.77. The molecule has 0 bridgehead atoms. The van der Waals surface area contributed by atoms with Gasteiger partial charge in [0.05, 0.1) is 54.1 Å². The molecule has 0 aliphatic carbocycles. The molecule has 3 aromatic rings. The molecule has 0 N–H and O–H groups in total. The zero-order valence-corrected chi connectivity index (χ0v) is 31.9. The van der Waals surface area contributed by atoms with Gasteiger partial charge in [-0.15, -0.1) is 0 Å². The summed E-state index contributed by atoms with van der Waals surface area (Å²) in [5.41, 5.74) is 1.10. The second kappa shape index (κ2) is 18.5. The van der Waals surface area contributed by atoms with E-state index in [0.717, 1.165) is 0 Å². The lowest BCUT2D eigenvalue weighted by Crippen LogP contribution is -2.42. The summed E-state index contributed by atoms with van der Waals surface area (Å²) in [7, 11) is 0. The summed E-state index contributed by atoms with van der Waals surface area (Å²) < 4.78 is 0. The van der Waals surface area contributed by atoms with Crippen LogP contribution in [0.15, 0.2) is 91.0 Å². The van der Waals surface area contributed by atoms with Crippen LogP contribution in [0.25, 0.3) is 0 Å². The molecule has 4 fully saturated rings. The molecule has 4 aliphatic rings. The van der Waals surface area contributed by atoms with Crippen LogP contribution in [0, 0.1) is 17.8 Å². The molecule has 4 heterocycles. The number of hydrogen-bond acceptors (Lipinski definition) is 12. The van der Waals surface area contributed by atoms with Crippen LogP contribution < -0.4 is 0 Å². The van der Waals surface area contributed by atoms with E-state index in [1.807, 2.05) is 0 Å². The van der Waals surface area contributed by atoms with E-state index in [1.165, 1.54) is 15.2 Å². The number of benzene rings is 3. The Morgan fingerprint density at radius 1 is 0.404 bits per heavy atom. The van der Waals surface area contributed by atoms with Gasteiger partial charge in [-0.05, 0) is 55.7 Å². The van der Waals surface area contributed by atoms with E-state index in [4.69, 9.17) is 14.5 Å². The van der Waals surface area contributed by atoms with Crippen LogP contribution in [0.3, 0.4) is 0 Å². The number of carbonyl (C=O) groups excluding carboxylic acids is 6. The van der Waals surface area contributed by atoms with E-state index in [0.29, 0.717) is 114 Å². The standard InChI is InChI=1S/C42H48N6O9/c49-37-34(16-19-46(37)55-40(52)31-10-4-1-5-11-31)28-43-22-24-44(29-35-17-20-47(38(35)50)56-41(53)32-12-6-2-7-13-32)26-27-45(25-23-43)30-36-18-21-48(39(36)51)57-42(54)33-14-8-3-9-15-33/h1-15,34-36H,16-30H2. The molecule has 3 amide bonds. The van der Waals surface area contributed by atoms with Gasteiger partial charge in [-0.1, -0.05) is 54.6 Å². The Labute approximate surface area is 331 Å². The molecule has 0 spiro atoms. The molecular formula is C42H48N6O9. The van der Waals surface area contributed by atoms with Gasteiger partial charge in [0.1, 0.15) is 0 Å². The molecule has 15 nitrogen and oxygen atoms in total. The Hall–Kier alpha value is -5.64. The minimum atomic E-state index is -0.580. The van der Waals surface area contributed by atoms with Crippen molar-refractivity contribution in [2.75, 3.05) is 78.5 Å². The van der Waals surface area contributed by atoms with Crippen LogP contribution in [0.5, 0.6) is 0 Å². The van der Waals surface area contributed by atoms with E-state index < -0.39 is 17.9 Å². The van der Waals surface area contributed by atoms with Gasteiger partial charge in [0.2, 0.25) is 0 Å². The Kier molecular flexibility index (Phi) is 12.9. The van der Waals surface area contributed by atoms with Crippen LogP contribution in [0.4, 0.5) is 0 Å². The molecule has 4 aliphatic heterocycles. The van der Waals surface area contributed by atoms with E-state index in [9.17, 15) is 28.8 Å². The van der Waals surface area contributed by atoms with Gasteiger partial charge >= 0.3 is 17.9 Å². The van der Waals surface area contributed by atoms with Crippen LogP contribution in [-0.2, 0) is 28.9 Å². The highest BCUT2D eigenvalue weighted by Crippen LogP contribution is 2.25. The quantitative estimate of drug-likeness (QED) is 0.266. The first-order valence-corrected chi connectivity index (χ1v) is 19.6. The molecule has 3 atom stereocenters. The van der Waals surface area contributed by atoms with Crippen LogP contribution >= 0.6 is 0 Å². The maximum atomic E-state index is 13.5. The van der Waals surface area contributed by atoms with Crippen molar-refractivity contribution in [3.8, 4) is 0 Å². The molecule has 4 saturated heterocycles. The maximum absolute atomic E-state index is 13.5. The second-order valence-corrected chi connectivity index (χ2v) is 14.9. The SMILES string of the molecule is O=C(ON1CCC(CN2CCN(CC3CCN(OC(=O)c4ccccc4)C3=O)CCN(CC3CCN(OC(=O)c4ccccc4)C3=O)CC2)C1=O)c1ccccc1. The second-order valence-electron chi connectivity index (χ2n) is 14.9. The van der Waals surface area contributed by atoms with Gasteiger partial charge in [-0.3, -0.25) is 14.4 Å². The van der Waals surface area contributed by atoms with Crippen molar-refractivity contribution in [1.29, 1.82) is 0 Å². The van der Waals surface area contributed by atoms with E-state index >= 15 is 0 Å². The van der Waals surface area contributed by atoms with Gasteiger partial charge in [0.25, 0.3) is 17.7 Å². The molecule has 0 radical (unpaired) electrons. The third kappa shape index (κ3) is 10.0. The van der Waals surface area contributed by atoms with Crippen molar-refractivity contribution in [3.05, 3.63) is 108 Å². The summed E-state index contributed by atoms with van der Waals surface area (Å²) >= 11 is 0. The van der Waals surface area contributed by atoms with Crippen molar-refractivity contribution in [3.63, 3.8) is 0 Å². The number of amides is 3. The summed E-state index contributed by atoms with van der Waals surface area (Å²) in [5, 5.41) is 3.50. The Morgan fingerprint density at radius 3 is 0.895 bits per heavy atom. The first kappa shape index (κ1) is 39.6. The number of rotatable bonds is 12. The lowest BCUT2D eigenvalue weighted by atomic mass is 10.1. The van der Waals surface area contributed by atoms with E-state index in [1.54, 1.807) is 91.0 Å². The highest BCUT2D eigenvalue weighted by atomic mass is 16.7. The average molecular weight is 781 g/mol. The minimum absolute atomic E-state index is 0.240. The van der Waals surface area contributed by atoms with Gasteiger partial charge in [-0.25, -0.2) is 14.4 Å². The zero-order chi connectivity index (χ0) is 39.7. The van der Waals surface area contributed by atoms with Gasteiger partial charge in [0, 0.05) is 58.9 Å². The molecule has 0 aromatic heterocycles. The van der Waals surface area contributed by atoms with Crippen LogP contribution in [-0.4, -0.2) is 144 Å². The van der Waals surface area contributed by atoms with Crippen LogP contribution in [0.2, 0.25) is 0 Å². The highest BCUT2D eigenvalue weighted by Gasteiger charge is 2.39. The van der Waals surface area contributed by atoms with Gasteiger partial charge in [-0.2, -0.15) is 15.2 Å². The Morgan fingerprint density at radius 2 is 0.649 bits per heavy atom. The number of hydrogen-bond donors (Lipinski definition) is 0. The molecule has 3 aromatic carbocycles. The molecule has 57 heavy (non-hydrogen) atoms. The Balaban J connectivity index is 0.987. The predicted molar refractivity (Wildman–Crippen MR) is 204 cm³/mol. The summed E-state index contributed by atoms with van der Waals surface area (Å²) in [6, 6.07) is 25.7. The molecule has 3 unspecified atom stereocenters. The molecule has 15 heteroatoms. The zero-order valence-electron chi connectivity index (χ0n) is 31.9. The topological polar surface area (TPSA) is 150 Å². The fourth-order valence-electron chi connectivity index (χ4n) is 7.76. The molecule has 300 valence electrons. The highest BCUT2D eigenvalue weighted by molar-refractivity contribution is 5.92. The summed E-state index contributed by atoms with van der Waals surface area (Å²) in [5.74, 6) is -3.57. The normalized spacial score (nSPS) is 22.6. The van der Waals surface area contributed by atoms with Gasteiger partial charge in [0.15, 0.2) is 0 Å². The summed E-state index contributed by atoms with van der Waals surface area (Å²) in [6.45, 7) is 6.03. The van der Waals surface area contributed by atoms with E-state index in [2.05, 4.69) is 14.7 Å². The monoisotopic (exact) mass is 780 g/mol. The maximum Gasteiger partial charge on any atom is 0.363 e. The third-order valence-electron chi connectivity index (χ3n) is 11.1.